The fourth-order valence-corrected chi connectivity index (χ4v) is 2.28. The Morgan fingerprint density at radius 1 is 0.880 bits per heavy atom. The van der Waals surface area contributed by atoms with Crippen LogP contribution in [0.4, 0.5) is 0 Å². The Bertz CT molecular complexity index is 754. The summed E-state index contributed by atoms with van der Waals surface area (Å²) in [6.45, 7) is -0.111. The van der Waals surface area contributed by atoms with Gasteiger partial charge in [-0.25, -0.2) is 0 Å². The van der Waals surface area contributed by atoms with Gasteiger partial charge in [0.15, 0.2) is 11.6 Å². The lowest BCUT2D eigenvalue weighted by Crippen LogP contribution is -2.29. The molecule has 1 amide bonds. The maximum absolute atomic E-state index is 12.0. The lowest BCUT2D eigenvalue weighted by molar-refractivity contribution is -0.120. The maximum atomic E-state index is 12.0. The molecule has 0 aromatic heterocycles. The normalized spacial score (nSPS) is 10.2. The highest BCUT2D eigenvalue weighted by molar-refractivity contribution is 6.30. The number of hydrogen-bond donors (Lipinski definition) is 1. The van der Waals surface area contributed by atoms with Gasteiger partial charge in [-0.15, -0.1) is 0 Å². The molecule has 0 aliphatic carbocycles. The second-order valence-corrected chi connectivity index (χ2v) is 5.79. The Morgan fingerprint density at radius 2 is 1.44 bits per heavy atom. The summed E-state index contributed by atoms with van der Waals surface area (Å²) in [7, 11) is 1.54. The van der Waals surface area contributed by atoms with E-state index in [9.17, 15) is 14.4 Å². The number of carbonyl (C=O) groups excluding carboxylic acids is 3. The molecular formula is C19H18ClNO4. The number of ether oxygens (including phenoxy) is 1. The number of methoxy groups -OCH3 is 1. The monoisotopic (exact) mass is 359 g/mol. The van der Waals surface area contributed by atoms with Crippen LogP contribution in [0, 0.1) is 0 Å². The minimum Gasteiger partial charge on any atom is -0.497 e. The molecule has 0 spiro atoms. The number of benzene rings is 2. The SMILES string of the molecule is COc1ccc(C(=O)CNC(=O)CCC(=O)c2ccc(Cl)cc2)cc1. The van der Waals surface area contributed by atoms with Gasteiger partial charge in [0.05, 0.1) is 13.7 Å². The molecule has 2 aromatic carbocycles. The van der Waals surface area contributed by atoms with E-state index in [0.29, 0.717) is 21.9 Å². The van der Waals surface area contributed by atoms with E-state index in [1.807, 2.05) is 0 Å². The van der Waals surface area contributed by atoms with E-state index < -0.39 is 0 Å². The molecule has 0 bridgehead atoms. The first kappa shape index (κ1) is 18.7. The Balaban J connectivity index is 1.77. The molecule has 0 radical (unpaired) electrons. The van der Waals surface area contributed by atoms with Gasteiger partial charge in [-0.2, -0.15) is 0 Å². The summed E-state index contributed by atoms with van der Waals surface area (Å²) in [6, 6.07) is 13.1. The van der Waals surface area contributed by atoms with Crippen LogP contribution in [0.25, 0.3) is 0 Å². The van der Waals surface area contributed by atoms with Crippen LogP contribution in [0.1, 0.15) is 33.6 Å². The van der Waals surface area contributed by atoms with Crippen LogP contribution >= 0.6 is 11.6 Å². The molecular weight excluding hydrogens is 342 g/mol. The minimum absolute atomic E-state index is 0.0252. The van der Waals surface area contributed by atoms with E-state index in [1.54, 1.807) is 55.6 Å². The average molecular weight is 360 g/mol. The predicted molar refractivity (Wildman–Crippen MR) is 95.4 cm³/mol. The third-order valence-corrected chi connectivity index (χ3v) is 3.86. The van der Waals surface area contributed by atoms with E-state index in [0.717, 1.165) is 0 Å². The number of carbonyl (C=O) groups is 3. The Kier molecular flexibility index (Phi) is 6.71. The van der Waals surface area contributed by atoms with E-state index >= 15 is 0 Å². The topological polar surface area (TPSA) is 72.5 Å². The molecule has 6 heteroatoms. The van der Waals surface area contributed by atoms with Crippen LogP contribution in [-0.2, 0) is 4.79 Å². The van der Waals surface area contributed by atoms with Crippen molar-refractivity contribution in [1.29, 1.82) is 0 Å². The molecule has 0 saturated heterocycles. The molecule has 2 rings (SSSR count). The van der Waals surface area contributed by atoms with Crippen LogP contribution in [0.3, 0.4) is 0 Å². The number of hydrogen-bond acceptors (Lipinski definition) is 4. The summed E-state index contributed by atoms with van der Waals surface area (Å²) < 4.78 is 5.02. The summed E-state index contributed by atoms with van der Waals surface area (Å²) in [5.74, 6) is -0.0428. The van der Waals surface area contributed by atoms with Gasteiger partial charge >= 0.3 is 0 Å². The lowest BCUT2D eigenvalue weighted by Gasteiger charge is -2.06. The number of Topliss-reactive ketones (excluding diaryl/α,β-unsaturated/α-hetero) is 2. The third kappa shape index (κ3) is 5.72. The van der Waals surface area contributed by atoms with E-state index in [-0.39, 0.29) is 36.9 Å². The molecule has 0 aliphatic rings. The molecule has 0 aliphatic heterocycles. The van der Waals surface area contributed by atoms with Gasteiger partial charge < -0.3 is 10.1 Å². The Hall–Kier alpha value is -2.66. The Labute approximate surface area is 150 Å². The van der Waals surface area contributed by atoms with E-state index in [1.165, 1.54) is 0 Å². The highest BCUT2D eigenvalue weighted by Crippen LogP contribution is 2.13. The van der Waals surface area contributed by atoms with Crippen molar-refractivity contribution < 1.29 is 19.1 Å². The van der Waals surface area contributed by atoms with Gasteiger partial charge in [-0.05, 0) is 48.5 Å². The van der Waals surface area contributed by atoms with Gasteiger partial charge in [0.1, 0.15) is 5.75 Å². The van der Waals surface area contributed by atoms with Crippen molar-refractivity contribution >= 4 is 29.1 Å². The number of amides is 1. The average Bonchev–Trinajstić information content (AvgIpc) is 2.64. The highest BCUT2D eigenvalue weighted by atomic mass is 35.5. The smallest absolute Gasteiger partial charge is 0.220 e. The van der Waals surface area contributed by atoms with Gasteiger partial charge in [0.2, 0.25) is 5.91 Å². The van der Waals surface area contributed by atoms with E-state index in [2.05, 4.69) is 5.32 Å². The standard InChI is InChI=1S/C19H18ClNO4/c1-25-16-8-4-14(5-9-16)18(23)12-21-19(24)11-10-17(22)13-2-6-15(20)7-3-13/h2-9H,10-12H2,1H3,(H,21,24). The van der Waals surface area contributed by atoms with Gasteiger partial charge in [0.25, 0.3) is 0 Å². The molecule has 5 nitrogen and oxygen atoms in total. The predicted octanol–water partition coefficient (Wildman–Crippen LogP) is 3.31. The molecule has 1 N–H and O–H groups in total. The molecule has 25 heavy (non-hydrogen) atoms. The summed E-state index contributed by atoms with van der Waals surface area (Å²) in [5.41, 5.74) is 0.991. The molecule has 0 atom stereocenters. The van der Waals surface area contributed by atoms with Crippen LogP contribution in [0.2, 0.25) is 5.02 Å². The molecule has 2 aromatic rings. The Morgan fingerprint density at radius 3 is 2.04 bits per heavy atom. The van der Waals surface area contributed by atoms with Gasteiger partial charge in [-0.1, -0.05) is 11.6 Å². The first-order valence-corrected chi connectivity index (χ1v) is 8.10. The molecule has 130 valence electrons. The molecule has 0 fully saturated rings. The lowest BCUT2D eigenvalue weighted by atomic mass is 10.1. The van der Waals surface area contributed by atoms with Crippen molar-refractivity contribution in [1.82, 2.24) is 5.32 Å². The number of halogens is 1. The van der Waals surface area contributed by atoms with Crippen LogP contribution in [-0.4, -0.2) is 31.1 Å². The number of nitrogens with one attached hydrogen (secondary N) is 1. The van der Waals surface area contributed by atoms with Crippen molar-refractivity contribution in [2.75, 3.05) is 13.7 Å². The molecule has 0 saturated carbocycles. The van der Waals surface area contributed by atoms with Crippen molar-refractivity contribution in [2.24, 2.45) is 0 Å². The van der Waals surface area contributed by atoms with Gasteiger partial charge in [0, 0.05) is 29.0 Å². The zero-order valence-corrected chi connectivity index (χ0v) is 14.5. The summed E-state index contributed by atoms with van der Waals surface area (Å²) in [6.07, 6.45) is 0.0988. The summed E-state index contributed by atoms with van der Waals surface area (Å²) in [5, 5.41) is 3.08. The largest absolute Gasteiger partial charge is 0.497 e. The third-order valence-electron chi connectivity index (χ3n) is 3.60. The number of ketones is 2. The molecule has 0 unspecified atom stereocenters. The van der Waals surface area contributed by atoms with Crippen molar-refractivity contribution in [3.05, 3.63) is 64.7 Å². The van der Waals surface area contributed by atoms with E-state index in [4.69, 9.17) is 16.3 Å². The zero-order valence-electron chi connectivity index (χ0n) is 13.8. The summed E-state index contributed by atoms with van der Waals surface area (Å²) in [4.78, 5) is 35.8. The second-order valence-electron chi connectivity index (χ2n) is 5.36. The minimum atomic E-state index is -0.343. The first-order valence-electron chi connectivity index (χ1n) is 7.72. The van der Waals surface area contributed by atoms with Crippen molar-refractivity contribution in [2.45, 2.75) is 12.8 Å². The maximum Gasteiger partial charge on any atom is 0.220 e. The first-order chi connectivity index (χ1) is 12.0. The van der Waals surface area contributed by atoms with Crippen LogP contribution in [0.15, 0.2) is 48.5 Å². The van der Waals surface area contributed by atoms with Crippen molar-refractivity contribution in [3.63, 3.8) is 0 Å². The zero-order chi connectivity index (χ0) is 18.2. The van der Waals surface area contributed by atoms with Gasteiger partial charge in [-0.3, -0.25) is 14.4 Å². The van der Waals surface area contributed by atoms with Crippen LogP contribution < -0.4 is 10.1 Å². The fourth-order valence-electron chi connectivity index (χ4n) is 2.15. The molecule has 0 heterocycles. The van der Waals surface area contributed by atoms with Crippen LogP contribution in [0.5, 0.6) is 5.75 Å². The summed E-state index contributed by atoms with van der Waals surface area (Å²) >= 11 is 5.77. The van der Waals surface area contributed by atoms with Crippen molar-refractivity contribution in [3.8, 4) is 5.75 Å². The fraction of sp³-hybridized carbons (Fsp3) is 0.211. The quantitative estimate of drug-likeness (QED) is 0.734. The number of rotatable bonds is 8. The second kappa shape index (κ2) is 8.99. The highest BCUT2D eigenvalue weighted by Gasteiger charge is 2.11.